The summed E-state index contributed by atoms with van der Waals surface area (Å²) in [5, 5.41) is 11.6. The zero-order valence-electron chi connectivity index (χ0n) is 16.9. The van der Waals surface area contributed by atoms with E-state index in [2.05, 4.69) is 4.99 Å². The molecular weight excluding hydrogens is 450 g/mol. The molecule has 0 saturated carbocycles. The fourth-order valence-corrected chi connectivity index (χ4v) is 4.73. The molecule has 2 aromatic rings. The van der Waals surface area contributed by atoms with Gasteiger partial charge >= 0.3 is 6.18 Å². The number of carbonyl (C=O) groups is 1. The number of nitro groups is 1. The minimum Gasteiger partial charge on any atom is -0.351 e. The van der Waals surface area contributed by atoms with Crippen LogP contribution >= 0.6 is 11.8 Å². The van der Waals surface area contributed by atoms with E-state index in [-0.39, 0.29) is 33.8 Å². The summed E-state index contributed by atoms with van der Waals surface area (Å²) in [5.41, 5.74) is -1.17. The minimum atomic E-state index is -4.73. The summed E-state index contributed by atoms with van der Waals surface area (Å²) in [7, 11) is 0. The molecule has 0 aromatic heterocycles. The van der Waals surface area contributed by atoms with Crippen molar-refractivity contribution in [1.82, 2.24) is 4.90 Å². The Morgan fingerprint density at radius 3 is 2.47 bits per heavy atom. The number of benzene rings is 2. The van der Waals surface area contributed by atoms with Gasteiger partial charge in [0.2, 0.25) is 6.41 Å². The molecular formula is C21H19F4N3O3S. The average Bonchev–Trinajstić information content (AvgIpc) is 2.74. The maximum atomic E-state index is 14.1. The highest BCUT2D eigenvalue weighted by atomic mass is 32.2. The molecule has 1 fully saturated rings. The van der Waals surface area contributed by atoms with Crippen molar-refractivity contribution < 1.29 is 27.3 Å². The first-order valence-electron chi connectivity index (χ1n) is 9.66. The van der Waals surface area contributed by atoms with Gasteiger partial charge in [-0.05, 0) is 60.7 Å². The molecule has 32 heavy (non-hydrogen) atoms. The Hall–Kier alpha value is -2.95. The van der Waals surface area contributed by atoms with Crippen LogP contribution in [0.15, 0.2) is 46.3 Å². The maximum Gasteiger partial charge on any atom is 0.416 e. The monoisotopic (exact) mass is 469 g/mol. The maximum absolute atomic E-state index is 14.1. The van der Waals surface area contributed by atoms with Crippen LogP contribution in [0.3, 0.4) is 0 Å². The van der Waals surface area contributed by atoms with Crippen LogP contribution in [0, 0.1) is 22.9 Å². The summed E-state index contributed by atoms with van der Waals surface area (Å²) >= 11 is 0.783. The number of amides is 1. The molecule has 1 amide bonds. The topological polar surface area (TPSA) is 75.8 Å². The normalized spacial score (nSPS) is 15.7. The molecule has 1 saturated heterocycles. The molecule has 0 aliphatic carbocycles. The lowest BCUT2D eigenvalue weighted by molar-refractivity contribution is -0.388. The Morgan fingerprint density at radius 1 is 1.25 bits per heavy atom. The van der Waals surface area contributed by atoms with Gasteiger partial charge in [0.15, 0.2) is 5.17 Å². The lowest BCUT2D eigenvalue weighted by Gasteiger charge is -2.34. The molecule has 1 heterocycles. The fraction of sp³-hybridized carbons (Fsp3) is 0.333. The first-order chi connectivity index (χ1) is 15.1. The van der Waals surface area contributed by atoms with E-state index in [1.807, 2.05) is 0 Å². The number of nitrogens with zero attached hydrogens (tertiary/aromatic N) is 3. The van der Waals surface area contributed by atoms with Gasteiger partial charge in [0, 0.05) is 19.2 Å². The third kappa shape index (κ3) is 5.26. The second-order valence-electron chi connectivity index (χ2n) is 7.30. The number of thioether (sulfide) groups is 1. The number of nitro benzene ring substituents is 1. The van der Waals surface area contributed by atoms with E-state index in [1.165, 1.54) is 13.0 Å². The highest BCUT2D eigenvalue weighted by molar-refractivity contribution is 8.14. The van der Waals surface area contributed by atoms with E-state index < -0.39 is 22.4 Å². The number of amidine groups is 1. The van der Waals surface area contributed by atoms with Crippen LogP contribution in [-0.2, 0) is 11.0 Å². The van der Waals surface area contributed by atoms with Crippen molar-refractivity contribution in [2.75, 3.05) is 13.1 Å². The van der Waals surface area contributed by atoms with Crippen molar-refractivity contribution in [3.05, 3.63) is 69.0 Å². The van der Waals surface area contributed by atoms with Crippen LogP contribution in [0.25, 0.3) is 0 Å². The van der Waals surface area contributed by atoms with Crippen molar-refractivity contribution in [3.8, 4) is 0 Å². The van der Waals surface area contributed by atoms with Gasteiger partial charge < -0.3 is 4.90 Å². The molecule has 1 aliphatic rings. The van der Waals surface area contributed by atoms with Crippen LogP contribution in [0.4, 0.5) is 23.2 Å². The lowest BCUT2D eigenvalue weighted by atomic mass is 9.89. The third-order valence-corrected chi connectivity index (χ3v) is 6.53. The van der Waals surface area contributed by atoms with E-state index in [1.54, 1.807) is 23.1 Å². The highest BCUT2D eigenvalue weighted by Crippen LogP contribution is 2.40. The second-order valence-corrected chi connectivity index (χ2v) is 8.28. The number of piperidine rings is 1. The van der Waals surface area contributed by atoms with Crippen molar-refractivity contribution >= 4 is 29.0 Å². The molecule has 170 valence electrons. The number of halogens is 4. The van der Waals surface area contributed by atoms with Gasteiger partial charge in [-0.3, -0.25) is 14.9 Å². The molecule has 0 spiro atoms. The Morgan fingerprint density at radius 2 is 1.91 bits per heavy atom. The smallest absolute Gasteiger partial charge is 0.351 e. The van der Waals surface area contributed by atoms with Gasteiger partial charge in [-0.25, -0.2) is 4.39 Å². The average molecular weight is 469 g/mol. The predicted octanol–water partition coefficient (Wildman–Crippen LogP) is 5.55. The summed E-state index contributed by atoms with van der Waals surface area (Å²) in [4.78, 5) is 27.2. The number of aryl methyl sites for hydroxylation is 1. The van der Waals surface area contributed by atoms with E-state index in [9.17, 15) is 32.5 Å². The van der Waals surface area contributed by atoms with Gasteiger partial charge in [-0.15, -0.1) is 0 Å². The molecule has 3 rings (SSSR count). The number of alkyl halides is 3. The Bertz CT molecular complexity index is 1050. The summed E-state index contributed by atoms with van der Waals surface area (Å²) in [5.74, 6) is -0.324. The zero-order valence-corrected chi connectivity index (χ0v) is 17.8. The number of aliphatic imine (C=N–C) groups is 1. The van der Waals surface area contributed by atoms with Crippen molar-refractivity contribution in [2.45, 2.75) is 36.8 Å². The molecule has 0 bridgehead atoms. The second kappa shape index (κ2) is 9.68. The Kier molecular flexibility index (Phi) is 7.17. The summed E-state index contributed by atoms with van der Waals surface area (Å²) < 4.78 is 53.4. The number of hydrogen-bond acceptors (Lipinski definition) is 4. The molecule has 0 atom stereocenters. The van der Waals surface area contributed by atoms with Gasteiger partial charge in [-0.2, -0.15) is 18.2 Å². The van der Waals surface area contributed by atoms with Gasteiger partial charge in [0.05, 0.1) is 15.4 Å². The van der Waals surface area contributed by atoms with Gasteiger partial charge in [0.1, 0.15) is 5.82 Å². The largest absolute Gasteiger partial charge is 0.416 e. The summed E-state index contributed by atoms with van der Waals surface area (Å²) in [6.45, 7) is 2.16. The molecule has 1 aliphatic heterocycles. The Balaban J connectivity index is 1.84. The molecule has 6 nitrogen and oxygen atoms in total. The molecule has 0 N–H and O–H groups in total. The zero-order chi connectivity index (χ0) is 23.5. The van der Waals surface area contributed by atoms with E-state index >= 15 is 0 Å². The number of likely N-dealkylation sites (tertiary alicyclic amines) is 1. The van der Waals surface area contributed by atoms with Crippen LogP contribution in [0.2, 0.25) is 0 Å². The van der Waals surface area contributed by atoms with E-state index in [0.29, 0.717) is 37.6 Å². The van der Waals surface area contributed by atoms with E-state index in [4.69, 9.17) is 0 Å². The molecule has 0 radical (unpaired) electrons. The Labute approximate surface area is 185 Å². The lowest BCUT2D eigenvalue weighted by Crippen LogP contribution is -2.36. The van der Waals surface area contributed by atoms with Crippen LogP contribution in [0.1, 0.15) is 35.4 Å². The first-order valence-corrected chi connectivity index (χ1v) is 10.5. The standard InChI is InChI=1S/C21H19F4N3O3S/c1-13-10-15(21(23,24)25)11-18(28(30)31)19(13)32-20(26-12-29)27-8-6-14(7-9-27)16-4-2-3-5-17(16)22/h2-5,10-12,14H,6-9H2,1H3. The molecule has 2 aromatic carbocycles. The fourth-order valence-electron chi connectivity index (χ4n) is 3.68. The number of hydrogen-bond donors (Lipinski definition) is 0. The van der Waals surface area contributed by atoms with Crippen LogP contribution in [0.5, 0.6) is 0 Å². The number of carbonyl (C=O) groups excluding carboxylic acids is 1. The minimum absolute atomic E-state index is 0.0140. The van der Waals surface area contributed by atoms with Crippen molar-refractivity contribution in [2.24, 2.45) is 4.99 Å². The quantitative estimate of drug-likeness (QED) is 0.112. The van der Waals surface area contributed by atoms with Gasteiger partial charge in [0.25, 0.3) is 5.69 Å². The van der Waals surface area contributed by atoms with Gasteiger partial charge in [-0.1, -0.05) is 18.2 Å². The van der Waals surface area contributed by atoms with Crippen molar-refractivity contribution in [1.29, 1.82) is 0 Å². The highest BCUT2D eigenvalue weighted by Gasteiger charge is 2.35. The van der Waals surface area contributed by atoms with Crippen LogP contribution in [-0.4, -0.2) is 34.5 Å². The van der Waals surface area contributed by atoms with E-state index in [0.717, 1.165) is 17.8 Å². The molecule has 0 unspecified atom stereocenters. The first kappa shape index (κ1) is 23.7. The van der Waals surface area contributed by atoms with Crippen molar-refractivity contribution in [3.63, 3.8) is 0 Å². The third-order valence-electron chi connectivity index (χ3n) is 5.25. The molecule has 11 heteroatoms. The van der Waals surface area contributed by atoms with Crippen LogP contribution < -0.4 is 0 Å². The summed E-state index contributed by atoms with van der Waals surface area (Å²) in [6.07, 6.45) is -3.32. The SMILES string of the molecule is Cc1cc(C(F)(F)F)cc([N+](=O)[O-])c1SC(=NC=O)N1CCC(c2ccccc2F)CC1. The predicted molar refractivity (Wildman–Crippen MR) is 112 cm³/mol. The summed E-state index contributed by atoms with van der Waals surface area (Å²) in [6, 6.07) is 7.80. The number of rotatable bonds is 4.